The highest BCUT2D eigenvalue weighted by molar-refractivity contribution is 9.10. The number of ether oxygens (including phenoxy) is 2. The number of nitrogens with zero attached hydrogens (tertiary/aromatic N) is 1. The van der Waals surface area contributed by atoms with Crippen molar-refractivity contribution >= 4 is 21.9 Å². The standard InChI is InChI=1S/C14H18BrN3O2/c1-3-4-17-14(16-2)18-9-10-7-11(15)13-12(8-10)19-5-6-20-13/h3,7-8H,1,4-6,9H2,2H3,(H2,16,17,18). The van der Waals surface area contributed by atoms with Crippen LogP contribution in [0, 0.1) is 0 Å². The van der Waals surface area contributed by atoms with Crippen LogP contribution in [-0.4, -0.2) is 32.8 Å². The number of hydrogen-bond donors (Lipinski definition) is 2. The molecule has 5 nitrogen and oxygen atoms in total. The van der Waals surface area contributed by atoms with Gasteiger partial charge in [0.25, 0.3) is 0 Å². The highest BCUT2D eigenvalue weighted by Gasteiger charge is 2.16. The summed E-state index contributed by atoms with van der Waals surface area (Å²) in [6.45, 7) is 6.15. The Morgan fingerprint density at radius 3 is 2.95 bits per heavy atom. The van der Waals surface area contributed by atoms with E-state index in [0.717, 1.165) is 27.5 Å². The fourth-order valence-corrected chi connectivity index (χ4v) is 2.45. The molecule has 6 heteroatoms. The summed E-state index contributed by atoms with van der Waals surface area (Å²) in [5.41, 5.74) is 1.09. The lowest BCUT2D eigenvalue weighted by Crippen LogP contribution is -2.36. The number of nitrogens with one attached hydrogen (secondary N) is 2. The third-order valence-corrected chi connectivity index (χ3v) is 3.34. The summed E-state index contributed by atoms with van der Waals surface area (Å²) in [5, 5.41) is 6.35. The number of rotatable bonds is 4. The van der Waals surface area contributed by atoms with Crippen molar-refractivity contribution in [1.82, 2.24) is 10.6 Å². The fourth-order valence-electron chi connectivity index (χ4n) is 1.84. The quantitative estimate of drug-likeness (QED) is 0.501. The lowest BCUT2D eigenvalue weighted by molar-refractivity contribution is 0.170. The molecule has 0 radical (unpaired) electrons. The van der Waals surface area contributed by atoms with Crippen LogP contribution in [0.3, 0.4) is 0 Å². The summed E-state index contributed by atoms with van der Waals surface area (Å²) in [6, 6.07) is 3.99. The van der Waals surface area contributed by atoms with Crippen LogP contribution in [0.4, 0.5) is 0 Å². The molecule has 2 rings (SSSR count). The highest BCUT2D eigenvalue weighted by Crippen LogP contribution is 2.38. The topological polar surface area (TPSA) is 54.9 Å². The second-order valence-electron chi connectivity index (χ2n) is 4.20. The molecule has 1 aliphatic heterocycles. The number of aliphatic imine (C=N–C) groups is 1. The highest BCUT2D eigenvalue weighted by atomic mass is 79.9. The van der Waals surface area contributed by atoms with Crippen LogP contribution in [0.25, 0.3) is 0 Å². The first-order valence-corrected chi connectivity index (χ1v) is 7.17. The van der Waals surface area contributed by atoms with Crippen molar-refractivity contribution in [3.05, 3.63) is 34.8 Å². The van der Waals surface area contributed by atoms with Gasteiger partial charge < -0.3 is 20.1 Å². The second kappa shape index (κ2) is 7.19. The van der Waals surface area contributed by atoms with Gasteiger partial charge in [-0.25, -0.2) is 0 Å². The largest absolute Gasteiger partial charge is 0.486 e. The molecule has 0 atom stereocenters. The first kappa shape index (κ1) is 14.7. The van der Waals surface area contributed by atoms with Gasteiger partial charge in [0.05, 0.1) is 4.47 Å². The normalized spacial score (nSPS) is 13.8. The Balaban J connectivity index is 2.03. The molecule has 1 aromatic rings. The molecule has 1 aromatic carbocycles. The first-order valence-electron chi connectivity index (χ1n) is 6.38. The predicted molar refractivity (Wildman–Crippen MR) is 83.5 cm³/mol. The minimum atomic E-state index is 0.582. The molecule has 0 unspecified atom stereocenters. The number of halogens is 1. The van der Waals surface area contributed by atoms with Crippen LogP contribution in [0.1, 0.15) is 5.56 Å². The molecule has 0 aromatic heterocycles. The Morgan fingerprint density at radius 2 is 2.20 bits per heavy atom. The van der Waals surface area contributed by atoms with Gasteiger partial charge in [0, 0.05) is 20.1 Å². The van der Waals surface area contributed by atoms with Gasteiger partial charge in [-0.05, 0) is 33.6 Å². The van der Waals surface area contributed by atoms with E-state index < -0.39 is 0 Å². The summed E-state index contributed by atoms with van der Waals surface area (Å²) in [7, 11) is 1.73. The number of benzene rings is 1. The van der Waals surface area contributed by atoms with Crippen LogP contribution in [-0.2, 0) is 6.54 Å². The maximum Gasteiger partial charge on any atom is 0.191 e. The van der Waals surface area contributed by atoms with E-state index in [1.54, 1.807) is 13.1 Å². The summed E-state index contributed by atoms with van der Waals surface area (Å²) < 4.78 is 12.1. The summed E-state index contributed by atoms with van der Waals surface area (Å²) in [6.07, 6.45) is 1.79. The van der Waals surface area contributed by atoms with Crippen molar-refractivity contribution in [2.75, 3.05) is 26.8 Å². The van der Waals surface area contributed by atoms with E-state index in [4.69, 9.17) is 9.47 Å². The van der Waals surface area contributed by atoms with E-state index in [1.165, 1.54) is 0 Å². The first-order chi connectivity index (χ1) is 9.74. The molecule has 1 aliphatic rings. The Bertz CT molecular complexity index is 517. The van der Waals surface area contributed by atoms with E-state index in [0.29, 0.717) is 26.3 Å². The minimum absolute atomic E-state index is 0.582. The van der Waals surface area contributed by atoms with Crippen LogP contribution in [0.2, 0.25) is 0 Å². The Kier molecular flexibility index (Phi) is 5.29. The van der Waals surface area contributed by atoms with Crippen molar-refractivity contribution in [2.24, 2.45) is 4.99 Å². The van der Waals surface area contributed by atoms with Gasteiger partial charge in [-0.15, -0.1) is 6.58 Å². The molecule has 0 spiro atoms. The lowest BCUT2D eigenvalue weighted by atomic mass is 10.2. The van der Waals surface area contributed by atoms with Gasteiger partial charge in [0.15, 0.2) is 17.5 Å². The zero-order chi connectivity index (χ0) is 14.4. The third-order valence-electron chi connectivity index (χ3n) is 2.75. The molecule has 2 N–H and O–H groups in total. The summed E-state index contributed by atoms with van der Waals surface area (Å²) in [4.78, 5) is 4.13. The molecule has 0 aliphatic carbocycles. The van der Waals surface area contributed by atoms with Crippen molar-refractivity contribution in [1.29, 1.82) is 0 Å². The molecule has 0 bridgehead atoms. The molecule has 0 saturated heterocycles. The number of hydrogen-bond acceptors (Lipinski definition) is 3. The molecule has 0 amide bonds. The number of fused-ring (bicyclic) bond motifs is 1. The van der Waals surface area contributed by atoms with Gasteiger partial charge >= 0.3 is 0 Å². The van der Waals surface area contributed by atoms with Crippen molar-refractivity contribution in [2.45, 2.75) is 6.54 Å². The molecule has 1 heterocycles. The zero-order valence-corrected chi connectivity index (χ0v) is 13.0. The second-order valence-corrected chi connectivity index (χ2v) is 5.05. The van der Waals surface area contributed by atoms with Crippen LogP contribution >= 0.6 is 15.9 Å². The smallest absolute Gasteiger partial charge is 0.191 e. The maximum absolute atomic E-state index is 5.60. The monoisotopic (exact) mass is 339 g/mol. The summed E-state index contributed by atoms with van der Waals surface area (Å²) in [5.74, 6) is 2.28. The average molecular weight is 340 g/mol. The molecule has 108 valence electrons. The molecule has 0 saturated carbocycles. The molecule has 20 heavy (non-hydrogen) atoms. The van der Waals surface area contributed by atoms with E-state index >= 15 is 0 Å². The van der Waals surface area contributed by atoms with E-state index in [1.807, 2.05) is 12.1 Å². The molecular formula is C14H18BrN3O2. The minimum Gasteiger partial charge on any atom is -0.486 e. The Hall–Kier alpha value is -1.69. The van der Waals surface area contributed by atoms with Crippen LogP contribution < -0.4 is 20.1 Å². The van der Waals surface area contributed by atoms with Crippen molar-refractivity contribution in [3.8, 4) is 11.5 Å². The van der Waals surface area contributed by atoms with Crippen molar-refractivity contribution in [3.63, 3.8) is 0 Å². The maximum atomic E-state index is 5.60. The Labute approximate surface area is 127 Å². The average Bonchev–Trinajstić information content (AvgIpc) is 2.47. The summed E-state index contributed by atoms with van der Waals surface area (Å²) >= 11 is 3.51. The number of guanidine groups is 1. The van der Waals surface area contributed by atoms with Gasteiger partial charge in [0.2, 0.25) is 0 Å². The van der Waals surface area contributed by atoms with Crippen LogP contribution in [0.15, 0.2) is 34.3 Å². The lowest BCUT2D eigenvalue weighted by Gasteiger charge is -2.20. The van der Waals surface area contributed by atoms with Gasteiger partial charge in [-0.3, -0.25) is 4.99 Å². The van der Waals surface area contributed by atoms with Gasteiger partial charge in [-0.2, -0.15) is 0 Å². The van der Waals surface area contributed by atoms with Crippen molar-refractivity contribution < 1.29 is 9.47 Å². The van der Waals surface area contributed by atoms with E-state index in [-0.39, 0.29) is 0 Å². The van der Waals surface area contributed by atoms with E-state index in [9.17, 15) is 0 Å². The SMILES string of the molecule is C=CCNC(=NC)NCc1cc(Br)c2c(c1)OCCO2. The van der Waals surface area contributed by atoms with Gasteiger partial charge in [-0.1, -0.05) is 6.08 Å². The van der Waals surface area contributed by atoms with Gasteiger partial charge in [0.1, 0.15) is 13.2 Å². The zero-order valence-electron chi connectivity index (χ0n) is 11.4. The van der Waals surface area contributed by atoms with E-state index in [2.05, 4.69) is 38.1 Å². The molecular weight excluding hydrogens is 322 g/mol. The third kappa shape index (κ3) is 3.66. The fraction of sp³-hybridized carbons (Fsp3) is 0.357. The predicted octanol–water partition coefficient (Wildman–Crippen LogP) is 2.07. The van der Waals surface area contributed by atoms with Crippen LogP contribution in [0.5, 0.6) is 11.5 Å². The molecule has 0 fully saturated rings. The Morgan fingerprint density at radius 1 is 1.40 bits per heavy atom.